The van der Waals surface area contributed by atoms with Crippen LogP contribution < -0.4 is 4.74 Å². The molecule has 2 fully saturated rings. The van der Waals surface area contributed by atoms with Crippen LogP contribution in [0.3, 0.4) is 0 Å². The van der Waals surface area contributed by atoms with Gasteiger partial charge in [-0.25, -0.2) is 0 Å². The fraction of sp³-hybridized carbons (Fsp3) is 0.583. The fourth-order valence-corrected chi connectivity index (χ4v) is 4.33. The minimum atomic E-state index is 0.148. The van der Waals surface area contributed by atoms with E-state index in [-0.39, 0.29) is 12.0 Å². The van der Waals surface area contributed by atoms with Crippen molar-refractivity contribution in [2.45, 2.75) is 64.6 Å². The van der Waals surface area contributed by atoms with Crippen LogP contribution in [0.1, 0.15) is 67.9 Å². The molecule has 0 spiro atoms. The zero-order chi connectivity index (χ0) is 20.9. The Balaban J connectivity index is 1.24. The molecule has 6 heteroatoms. The van der Waals surface area contributed by atoms with Crippen LogP contribution in [0.25, 0.3) is 0 Å². The lowest BCUT2D eigenvalue weighted by atomic mass is 10.1. The Bertz CT molecular complexity index is 816. The Labute approximate surface area is 179 Å². The third-order valence-electron chi connectivity index (χ3n) is 6.17. The average Bonchev–Trinajstić information content (AvgIpc) is 3.25. The van der Waals surface area contributed by atoms with Gasteiger partial charge >= 0.3 is 0 Å². The maximum absolute atomic E-state index is 12.6. The van der Waals surface area contributed by atoms with Gasteiger partial charge in [0, 0.05) is 56.1 Å². The van der Waals surface area contributed by atoms with Gasteiger partial charge in [0.15, 0.2) is 0 Å². The van der Waals surface area contributed by atoms with Crippen molar-refractivity contribution in [1.29, 1.82) is 0 Å². The molecule has 1 aromatic carbocycles. The van der Waals surface area contributed by atoms with Gasteiger partial charge in [-0.1, -0.05) is 0 Å². The summed E-state index contributed by atoms with van der Waals surface area (Å²) in [6.45, 7) is 9.08. The number of piperidine rings is 2. The summed E-state index contributed by atoms with van der Waals surface area (Å²) in [6, 6.07) is 8.12. The number of carbonyl (C=O) groups excluding carboxylic acids is 1. The smallest absolute Gasteiger partial charge is 0.253 e. The number of hydrogen-bond acceptors (Lipinski definition) is 4. The summed E-state index contributed by atoms with van der Waals surface area (Å²) in [5, 5.41) is 4.44. The van der Waals surface area contributed by atoms with Crippen LogP contribution in [0.4, 0.5) is 0 Å². The summed E-state index contributed by atoms with van der Waals surface area (Å²) in [4.78, 5) is 17.0. The van der Waals surface area contributed by atoms with Crippen LogP contribution in [0.15, 0.2) is 36.7 Å². The highest BCUT2D eigenvalue weighted by molar-refractivity contribution is 5.94. The molecular weight excluding hydrogens is 376 g/mol. The van der Waals surface area contributed by atoms with Gasteiger partial charge in [-0.05, 0) is 70.2 Å². The standard InChI is InChI=1S/C24H34N4O2/c1-19(2)28-18-20(16-25-28)17-26-14-10-23(11-15-26)30-22-8-6-21(7-9-22)24(29)27-12-4-3-5-13-27/h6-9,16,18-19,23H,3-5,10-15,17H2,1-2H3. The summed E-state index contributed by atoms with van der Waals surface area (Å²) < 4.78 is 8.22. The lowest BCUT2D eigenvalue weighted by molar-refractivity contribution is 0.0724. The van der Waals surface area contributed by atoms with E-state index in [1.165, 1.54) is 12.0 Å². The number of amides is 1. The second-order valence-electron chi connectivity index (χ2n) is 8.89. The molecule has 1 aromatic heterocycles. The summed E-state index contributed by atoms with van der Waals surface area (Å²) in [7, 11) is 0. The molecule has 0 atom stereocenters. The highest BCUT2D eigenvalue weighted by Crippen LogP contribution is 2.22. The number of benzene rings is 1. The molecule has 2 aliphatic rings. The van der Waals surface area contributed by atoms with Gasteiger partial charge in [0.2, 0.25) is 0 Å². The number of ether oxygens (including phenoxy) is 1. The van der Waals surface area contributed by atoms with E-state index in [4.69, 9.17) is 4.74 Å². The molecule has 0 radical (unpaired) electrons. The molecule has 1 amide bonds. The minimum Gasteiger partial charge on any atom is -0.490 e. The maximum atomic E-state index is 12.6. The Kier molecular flexibility index (Phi) is 6.72. The molecule has 3 heterocycles. The molecule has 4 rings (SSSR count). The van der Waals surface area contributed by atoms with E-state index in [0.717, 1.165) is 69.7 Å². The zero-order valence-corrected chi connectivity index (χ0v) is 18.3. The normalized spacial score (nSPS) is 18.7. The van der Waals surface area contributed by atoms with Gasteiger partial charge < -0.3 is 9.64 Å². The SMILES string of the molecule is CC(C)n1cc(CN2CCC(Oc3ccc(C(=O)N4CCCCC4)cc3)CC2)cn1. The van der Waals surface area contributed by atoms with Crippen molar-refractivity contribution in [2.75, 3.05) is 26.2 Å². The van der Waals surface area contributed by atoms with E-state index < -0.39 is 0 Å². The number of likely N-dealkylation sites (tertiary alicyclic amines) is 2. The first kappa shape index (κ1) is 20.9. The van der Waals surface area contributed by atoms with Gasteiger partial charge in [0.25, 0.3) is 5.91 Å². The molecule has 0 saturated carbocycles. The second kappa shape index (κ2) is 9.65. The Hall–Kier alpha value is -2.34. The van der Waals surface area contributed by atoms with Gasteiger partial charge in [-0.15, -0.1) is 0 Å². The van der Waals surface area contributed by atoms with Crippen LogP contribution in [0.5, 0.6) is 5.75 Å². The predicted molar refractivity (Wildman–Crippen MR) is 118 cm³/mol. The van der Waals surface area contributed by atoms with Crippen LogP contribution >= 0.6 is 0 Å². The summed E-state index contributed by atoms with van der Waals surface area (Å²) in [5.74, 6) is 1.01. The third-order valence-corrected chi connectivity index (χ3v) is 6.17. The van der Waals surface area contributed by atoms with Crippen LogP contribution in [-0.4, -0.2) is 57.8 Å². The van der Waals surface area contributed by atoms with E-state index in [1.807, 2.05) is 40.0 Å². The molecule has 0 unspecified atom stereocenters. The van der Waals surface area contributed by atoms with Crippen molar-refractivity contribution >= 4 is 5.91 Å². The molecule has 2 saturated heterocycles. The van der Waals surface area contributed by atoms with E-state index >= 15 is 0 Å². The number of aromatic nitrogens is 2. The first-order chi connectivity index (χ1) is 14.6. The second-order valence-corrected chi connectivity index (χ2v) is 8.89. The predicted octanol–water partition coefficient (Wildman–Crippen LogP) is 4.13. The first-order valence-electron chi connectivity index (χ1n) is 11.4. The van der Waals surface area contributed by atoms with Crippen LogP contribution in [0, 0.1) is 0 Å². The van der Waals surface area contributed by atoms with Crippen LogP contribution in [-0.2, 0) is 6.54 Å². The Morgan fingerprint density at radius 2 is 1.77 bits per heavy atom. The number of carbonyl (C=O) groups is 1. The van der Waals surface area contributed by atoms with Crippen molar-refractivity contribution in [3.8, 4) is 5.75 Å². The molecule has 6 nitrogen and oxygen atoms in total. The monoisotopic (exact) mass is 410 g/mol. The molecular formula is C24H34N4O2. The first-order valence-corrected chi connectivity index (χ1v) is 11.4. The van der Waals surface area contributed by atoms with E-state index in [1.54, 1.807) is 0 Å². The van der Waals surface area contributed by atoms with Crippen molar-refractivity contribution in [1.82, 2.24) is 19.6 Å². The number of nitrogens with zero attached hydrogens (tertiary/aromatic N) is 4. The highest BCUT2D eigenvalue weighted by Gasteiger charge is 2.22. The van der Waals surface area contributed by atoms with Crippen molar-refractivity contribution in [2.24, 2.45) is 0 Å². The molecule has 162 valence electrons. The van der Waals surface area contributed by atoms with Gasteiger partial charge in [0.1, 0.15) is 11.9 Å². The van der Waals surface area contributed by atoms with E-state index in [0.29, 0.717) is 6.04 Å². The lowest BCUT2D eigenvalue weighted by Gasteiger charge is -2.32. The summed E-state index contributed by atoms with van der Waals surface area (Å²) in [6.07, 6.45) is 9.88. The Morgan fingerprint density at radius 3 is 2.40 bits per heavy atom. The molecule has 2 aliphatic heterocycles. The Morgan fingerprint density at radius 1 is 1.07 bits per heavy atom. The number of rotatable bonds is 6. The molecule has 2 aromatic rings. The zero-order valence-electron chi connectivity index (χ0n) is 18.3. The van der Waals surface area contributed by atoms with Gasteiger partial charge in [-0.3, -0.25) is 14.4 Å². The minimum absolute atomic E-state index is 0.148. The van der Waals surface area contributed by atoms with Crippen LogP contribution in [0.2, 0.25) is 0 Å². The van der Waals surface area contributed by atoms with E-state index in [2.05, 4.69) is 30.0 Å². The number of hydrogen-bond donors (Lipinski definition) is 0. The molecule has 0 bridgehead atoms. The van der Waals surface area contributed by atoms with Crippen molar-refractivity contribution < 1.29 is 9.53 Å². The maximum Gasteiger partial charge on any atom is 0.253 e. The van der Waals surface area contributed by atoms with E-state index in [9.17, 15) is 4.79 Å². The summed E-state index contributed by atoms with van der Waals surface area (Å²) in [5.41, 5.74) is 2.04. The lowest BCUT2D eigenvalue weighted by Crippen LogP contribution is -2.37. The molecule has 0 N–H and O–H groups in total. The highest BCUT2D eigenvalue weighted by atomic mass is 16.5. The quantitative estimate of drug-likeness (QED) is 0.718. The molecule has 0 aliphatic carbocycles. The van der Waals surface area contributed by atoms with Gasteiger partial charge in [0.05, 0.1) is 6.20 Å². The summed E-state index contributed by atoms with van der Waals surface area (Å²) >= 11 is 0. The average molecular weight is 411 g/mol. The van der Waals surface area contributed by atoms with Crippen molar-refractivity contribution in [3.05, 3.63) is 47.8 Å². The fourth-order valence-electron chi connectivity index (χ4n) is 4.33. The third kappa shape index (κ3) is 5.22. The molecule has 30 heavy (non-hydrogen) atoms. The largest absolute Gasteiger partial charge is 0.490 e. The van der Waals surface area contributed by atoms with Gasteiger partial charge in [-0.2, -0.15) is 5.10 Å². The topological polar surface area (TPSA) is 50.6 Å². The van der Waals surface area contributed by atoms with Crippen molar-refractivity contribution in [3.63, 3.8) is 0 Å².